The fourth-order valence-electron chi connectivity index (χ4n) is 2.66. The maximum Gasteiger partial charge on any atom is 0.489 e. The minimum absolute atomic E-state index is 0.291. The molecule has 1 aliphatic heterocycles. The molecule has 2 aromatic carbocycles. The number of carbonyl (C=O) groups excluding carboxylic acids is 1. The van der Waals surface area contributed by atoms with Crippen LogP contribution in [0, 0.1) is 0 Å². The molecule has 1 aliphatic rings. The number of amides is 1. The van der Waals surface area contributed by atoms with Crippen LogP contribution < -0.4 is 10.8 Å². The van der Waals surface area contributed by atoms with Gasteiger partial charge < -0.3 is 15.4 Å². The standard InChI is InChI=1S/C16H11BF3NO3/c1-8-12-6-9(2-4-11(12)15(22)21-8)10-3-5-13(16(18,19)20)14(7-10)17(23)24/h2-7,23-24H,1H2,(H,21,22). The zero-order valence-corrected chi connectivity index (χ0v) is 12.2. The summed E-state index contributed by atoms with van der Waals surface area (Å²) < 4.78 is 38.8. The molecule has 0 saturated carbocycles. The van der Waals surface area contributed by atoms with Crippen LogP contribution in [-0.2, 0) is 6.18 Å². The maximum atomic E-state index is 12.9. The van der Waals surface area contributed by atoms with Crippen LogP contribution in [0.3, 0.4) is 0 Å². The summed E-state index contributed by atoms with van der Waals surface area (Å²) in [5, 5.41) is 21.1. The van der Waals surface area contributed by atoms with Gasteiger partial charge in [0.15, 0.2) is 0 Å². The summed E-state index contributed by atoms with van der Waals surface area (Å²) in [7, 11) is -2.26. The van der Waals surface area contributed by atoms with Gasteiger partial charge >= 0.3 is 13.3 Å². The Bertz CT molecular complexity index is 862. The Morgan fingerprint density at radius 3 is 2.25 bits per heavy atom. The van der Waals surface area contributed by atoms with Crippen molar-refractivity contribution in [2.75, 3.05) is 0 Å². The molecule has 0 atom stereocenters. The van der Waals surface area contributed by atoms with Crippen LogP contribution in [0.15, 0.2) is 43.0 Å². The third-order valence-electron chi connectivity index (χ3n) is 3.82. The van der Waals surface area contributed by atoms with E-state index in [-0.39, 0.29) is 5.91 Å². The fraction of sp³-hybridized carbons (Fsp3) is 0.0625. The highest BCUT2D eigenvalue weighted by molar-refractivity contribution is 6.59. The van der Waals surface area contributed by atoms with E-state index in [2.05, 4.69) is 11.9 Å². The van der Waals surface area contributed by atoms with Crippen LogP contribution >= 0.6 is 0 Å². The van der Waals surface area contributed by atoms with Crippen LogP contribution in [0.25, 0.3) is 16.8 Å². The summed E-state index contributed by atoms with van der Waals surface area (Å²) in [5.74, 6) is -0.291. The predicted octanol–water partition coefficient (Wildman–Crippen LogP) is 1.77. The van der Waals surface area contributed by atoms with E-state index < -0.39 is 24.3 Å². The molecule has 122 valence electrons. The summed E-state index contributed by atoms with van der Waals surface area (Å²) in [5.41, 5.74) is 0.549. The number of fused-ring (bicyclic) bond motifs is 1. The molecule has 1 heterocycles. The van der Waals surface area contributed by atoms with Crippen molar-refractivity contribution in [2.45, 2.75) is 6.18 Å². The summed E-state index contributed by atoms with van der Waals surface area (Å²) in [4.78, 5) is 11.7. The first-order valence-electron chi connectivity index (χ1n) is 6.91. The van der Waals surface area contributed by atoms with Gasteiger partial charge in [-0.25, -0.2) is 0 Å². The van der Waals surface area contributed by atoms with Crippen LogP contribution in [0.2, 0.25) is 0 Å². The number of halogens is 3. The van der Waals surface area contributed by atoms with Crippen molar-refractivity contribution in [3.05, 3.63) is 59.7 Å². The topological polar surface area (TPSA) is 69.6 Å². The number of nitrogens with one attached hydrogen (secondary N) is 1. The highest BCUT2D eigenvalue weighted by Gasteiger charge is 2.36. The summed E-state index contributed by atoms with van der Waals surface area (Å²) in [6.45, 7) is 3.71. The molecular formula is C16H11BF3NO3. The minimum Gasteiger partial charge on any atom is -0.423 e. The second-order valence-electron chi connectivity index (χ2n) is 5.37. The lowest BCUT2D eigenvalue weighted by Gasteiger charge is -2.14. The Morgan fingerprint density at radius 1 is 1.00 bits per heavy atom. The molecule has 3 rings (SSSR count). The van der Waals surface area contributed by atoms with Gasteiger partial charge in [0.2, 0.25) is 0 Å². The van der Waals surface area contributed by atoms with Gasteiger partial charge in [-0.3, -0.25) is 4.79 Å². The third kappa shape index (κ3) is 2.70. The monoisotopic (exact) mass is 333 g/mol. The van der Waals surface area contributed by atoms with Gasteiger partial charge in [-0.05, 0) is 34.8 Å². The second kappa shape index (κ2) is 5.50. The summed E-state index contributed by atoms with van der Waals surface area (Å²) in [6, 6.07) is 7.85. The molecule has 0 radical (unpaired) electrons. The maximum absolute atomic E-state index is 12.9. The van der Waals surface area contributed by atoms with E-state index in [1.165, 1.54) is 6.07 Å². The van der Waals surface area contributed by atoms with Crippen LogP contribution in [0.4, 0.5) is 13.2 Å². The quantitative estimate of drug-likeness (QED) is 0.734. The number of benzene rings is 2. The molecule has 0 unspecified atom stereocenters. The first-order chi connectivity index (χ1) is 11.2. The largest absolute Gasteiger partial charge is 0.489 e. The molecule has 0 fully saturated rings. The van der Waals surface area contributed by atoms with Crippen molar-refractivity contribution in [1.82, 2.24) is 5.32 Å². The SMILES string of the molecule is C=C1NC(=O)c2ccc(-c3ccc(C(F)(F)F)c(B(O)O)c3)cc21. The molecule has 2 aromatic rings. The molecule has 0 aliphatic carbocycles. The van der Waals surface area contributed by atoms with Gasteiger partial charge in [-0.15, -0.1) is 0 Å². The Morgan fingerprint density at radius 2 is 1.62 bits per heavy atom. The van der Waals surface area contributed by atoms with Crippen LogP contribution in [-0.4, -0.2) is 23.1 Å². The number of rotatable bonds is 2. The van der Waals surface area contributed by atoms with Gasteiger partial charge in [-0.1, -0.05) is 24.8 Å². The lowest BCUT2D eigenvalue weighted by Crippen LogP contribution is -2.36. The first-order valence-corrected chi connectivity index (χ1v) is 6.91. The van der Waals surface area contributed by atoms with Crippen molar-refractivity contribution in [3.63, 3.8) is 0 Å². The third-order valence-corrected chi connectivity index (χ3v) is 3.82. The highest BCUT2D eigenvalue weighted by Crippen LogP contribution is 2.32. The lowest BCUT2D eigenvalue weighted by atomic mass is 9.75. The zero-order chi connectivity index (χ0) is 17.6. The molecule has 8 heteroatoms. The lowest BCUT2D eigenvalue weighted by molar-refractivity contribution is -0.136. The number of alkyl halides is 3. The van der Waals surface area contributed by atoms with E-state index in [1.807, 2.05) is 0 Å². The number of carbonyl (C=O) groups is 1. The molecule has 24 heavy (non-hydrogen) atoms. The van der Waals surface area contributed by atoms with Crippen LogP contribution in [0.5, 0.6) is 0 Å². The Kier molecular flexibility index (Phi) is 3.73. The van der Waals surface area contributed by atoms with E-state index in [0.717, 1.165) is 12.1 Å². The van der Waals surface area contributed by atoms with E-state index in [1.54, 1.807) is 18.2 Å². The smallest absolute Gasteiger partial charge is 0.423 e. The molecule has 1 amide bonds. The van der Waals surface area contributed by atoms with E-state index in [9.17, 15) is 28.0 Å². The molecular weight excluding hydrogens is 322 g/mol. The van der Waals surface area contributed by atoms with Gasteiger partial charge in [-0.2, -0.15) is 13.2 Å². The Hall–Kier alpha value is -2.58. The molecule has 0 aromatic heterocycles. The average molecular weight is 333 g/mol. The second-order valence-corrected chi connectivity index (χ2v) is 5.37. The number of hydrogen-bond acceptors (Lipinski definition) is 3. The van der Waals surface area contributed by atoms with Crippen molar-refractivity contribution in [1.29, 1.82) is 0 Å². The van der Waals surface area contributed by atoms with Crippen molar-refractivity contribution < 1.29 is 28.0 Å². The Balaban J connectivity index is 2.11. The molecule has 0 bridgehead atoms. The Labute approximate surface area is 135 Å². The normalized spacial score (nSPS) is 13.7. The van der Waals surface area contributed by atoms with E-state index in [0.29, 0.717) is 28.0 Å². The average Bonchev–Trinajstić information content (AvgIpc) is 2.80. The van der Waals surface area contributed by atoms with E-state index in [4.69, 9.17) is 0 Å². The van der Waals surface area contributed by atoms with Crippen molar-refractivity contribution in [3.8, 4) is 11.1 Å². The minimum atomic E-state index is -4.69. The molecule has 0 spiro atoms. The zero-order valence-electron chi connectivity index (χ0n) is 12.2. The molecule has 4 nitrogen and oxygen atoms in total. The van der Waals surface area contributed by atoms with Crippen molar-refractivity contribution >= 4 is 24.2 Å². The van der Waals surface area contributed by atoms with Crippen molar-refractivity contribution in [2.24, 2.45) is 0 Å². The fourth-order valence-corrected chi connectivity index (χ4v) is 2.66. The van der Waals surface area contributed by atoms with E-state index >= 15 is 0 Å². The summed E-state index contributed by atoms with van der Waals surface area (Å²) >= 11 is 0. The molecule has 0 saturated heterocycles. The number of hydrogen-bond donors (Lipinski definition) is 3. The summed E-state index contributed by atoms with van der Waals surface area (Å²) in [6.07, 6.45) is -4.69. The van der Waals surface area contributed by atoms with Gasteiger partial charge in [0.05, 0.1) is 5.56 Å². The molecule has 3 N–H and O–H groups in total. The van der Waals surface area contributed by atoms with Gasteiger partial charge in [0.1, 0.15) is 0 Å². The predicted molar refractivity (Wildman–Crippen MR) is 83.2 cm³/mol. The van der Waals surface area contributed by atoms with Gasteiger partial charge in [0, 0.05) is 16.8 Å². The highest BCUT2D eigenvalue weighted by atomic mass is 19.4. The van der Waals surface area contributed by atoms with Gasteiger partial charge in [0.25, 0.3) is 5.91 Å². The van der Waals surface area contributed by atoms with Crippen LogP contribution in [0.1, 0.15) is 21.5 Å². The first kappa shape index (κ1) is 16.3.